The Balaban J connectivity index is 1.90. The number of primary amides is 1. The number of aromatic nitrogens is 3. The number of halogens is 4. The average Bonchev–Trinajstić information content (AvgIpc) is 3.08. The molecule has 0 spiro atoms. The highest BCUT2D eigenvalue weighted by Gasteiger charge is 2.27. The second kappa shape index (κ2) is 8.49. The first kappa shape index (κ1) is 21.2. The molecule has 3 rings (SSSR count). The Morgan fingerprint density at radius 1 is 1.30 bits per heavy atom. The number of hydrogen-bond acceptors (Lipinski definition) is 4. The molecule has 0 aromatic carbocycles. The molecule has 0 aliphatic carbocycles. The van der Waals surface area contributed by atoms with Crippen LogP contribution in [0, 0.1) is 5.82 Å². The summed E-state index contributed by atoms with van der Waals surface area (Å²) in [6.45, 7) is -2.13. The molecule has 1 amide bonds. The van der Waals surface area contributed by atoms with Crippen molar-refractivity contribution in [1.29, 1.82) is 0 Å². The minimum atomic E-state index is -4.49. The molecule has 0 aliphatic rings. The highest BCUT2D eigenvalue weighted by Crippen LogP contribution is 2.25. The number of hydrogen-bond donors (Lipinski definition) is 2. The first-order valence-corrected chi connectivity index (χ1v) is 8.63. The van der Waals surface area contributed by atoms with Gasteiger partial charge in [0.25, 0.3) is 5.56 Å². The molecular formula is C19H16F4N4O3. The van der Waals surface area contributed by atoms with Crippen LogP contribution in [-0.2, 0) is 16.1 Å². The molecule has 0 aliphatic heterocycles. The van der Waals surface area contributed by atoms with Crippen LogP contribution in [0.15, 0.2) is 41.6 Å². The summed E-state index contributed by atoms with van der Waals surface area (Å²) in [5.41, 5.74) is 6.00. The SMILES string of the molecule is NC(=O)/C=C/c1c[nH]c2ncc(-c3cc(F)c(=O)n(CCOCC(F)(F)F)c3)cc12. The van der Waals surface area contributed by atoms with Crippen LogP contribution in [0.25, 0.3) is 28.2 Å². The van der Waals surface area contributed by atoms with Gasteiger partial charge in [0.2, 0.25) is 5.91 Å². The van der Waals surface area contributed by atoms with E-state index in [0.717, 1.165) is 10.6 Å². The van der Waals surface area contributed by atoms with Gasteiger partial charge < -0.3 is 20.0 Å². The molecule has 3 aromatic rings. The Labute approximate surface area is 166 Å². The van der Waals surface area contributed by atoms with E-state index in [1.807, 2.05) is 0 Å². The standard InChI is InChI=1S/C19H16F4N4O3/c20-15-6-13(9-27(18(15)29)3-4-30-10-19(21,22)23)12-5-14-11(1-2-16(24)28)7-25-17(14)26-8-12/h1-2,5-9H,3-4,10H2,(H2,24,28)(H,25,26)/b2-1+. The number of carbonyl (C=O) groups is 1. The van der Waals surface area contributed by atoms with Gasteiger partial charge in [-0.15, -0.1) is 0 Å². The summed E-state index contributed by atoms with van der Waals surface area (Å²) in [7, 11) is 0. The Hall–Kier alpha value is -3.47. The summed E-state index contributed by atoms with van der Waals surface area (Å²) in [6, 6.07) is 2.69. The lowest BCUT2D eigenvalue weighted by Crippen LogP contribution is -2.26. The molecule has 7 nitrogen and oxygen atoms in total. The number of nitrogens with zero attached hydrogens (tertiary/aromatic N) is 2. The number of nitrogens with two attached hydrogens (primary N) is 1. The maximum Gasteiger partial charge on any atom is 0.411 e. The molecule has 0 saturated heterocycles. The molecule has 11 heteroatoms. The predicted molar refractivity (Wildman–Crippen MR) is 101 cm³/mol. The van der Waals surface area contributed by atoms with Crippen LogP contribution < -0.4 is 11.3 Å². The average molecular weight is 424 g/mol. The van der Waals surface area contributed by atoms with Crippen molar-refractivity contribution in [2.24, 2.45) is 5.73 Å². The summed E-state index contributed by atoms with van der Waals surface area (Å²) in [5, 5.41) is 0.622. The number of carbonyl (C=O) groups excluding carboxylic acids is 1. The van der Waals surface area contributed by atoms with E-state index in [1.54, 1.807) is 12.3 Å². The zero-order valence-corrected chi connectivity index (χ0v) is 15.4. The van der Waals surface area contributed by atoms with Crippen LogP contribution >= 0.6 is 0 Å². The lowest BCUT2D eigenvalue weighted by molar-refractivity contribution is -0.174. The van der Waals surface area contributed by atoms with Crippen LogP contribution in [0.5, 0.6) is 0 Å². The quantitative estimate of drug-likeness (QED) is 0.346. The van der Waals surface area contributed by atoms with E-state index < -0.39 is 36.7 Å². The maximum absolute atomic E-state index is 14.1. The molecule has 0 atom stereocenters. The summed E-state index contributed by atoms with van der Waals surface area (Å²) >= 11 is 0. The van der Waals surface area contributed by atoms with Crippen LogP contribution in [0.1, 0.15) is 5.56 Å². The van der Waals surface area contributed by atoms with Crippen molar-refractivity contribution in [2.45, 2.75) is 12.7 Å². The van der Waals surface area contributed by atoms with E-state index in [2.05, 4.69) is 14.7 Å². The van der Waals surface area contributed by atoms with Crippen molar-refractivity contribution in [1.82, 2.24) is 14.5 Å². The van der Waals surface area contributed by atoms with Gasteiger partial charge in [-0.2, -0.15) is 13.2 Å². The van der Waals surface area contributed by atoms with Gasteiger partial charge in [0.1, 0.15) is 12.3 Å². The van der Waals surface area contributed by atoms with Crippen molar-refractivity contribution in [3.63, 3.8) is 0 Å². The van der Waals surface area contributed by atoms with Gasteiger partial charge in [0.15, 0.2) is 5.82 Å². The third-order valence-corrected chi connectivity index (χ3v) is 4.11. The lowest BCUT2D eigenvalue weighted by Gasteiger charge is -2.11. The van der Waals surface area contributed by atoms with Gasteiger partial charge in [-0.1, -0.05) is 0 Å². The van der Waals surface area contributed by atoms with Crippen LogP contribution in [0.2, 0.25) is 0 Å². The summed E-state index contributed by atoms with van der Waals surface area (Å²) in [5.74, 6) is -1.69. The topological polar surface area (TPSA) is 103 Å². The number of alkyl halides is 3. The largest absolute Gasteiger partial charge is 0.411 e. The highest BCUT2D eigenvalue weighted by atomic mass is 19.4. The summed E-state index contributed by atoms with van der Waals surface area (Å²) < 4.78 is 56.0. The Bertz CT molecular complexity index is 1160. The van der Waals surface area contributed by atoms with Gasteiger partial charge in [-0.3, -0.25) is 9.59 Å². The lowest BCUT2D eigenvalue weighted by atomic mass is 10.1. The number of nitrogens with one attached hydrogen (secondary N) is 1. The molecule has 3 heterocycles. The monoisotopic (exact) mass is 424 g/mol. The van der Waals surface area contributed by atoms with Gasteiger partial charge in [0, 0.05) is 53.3 Å². The van der Waals surface area contributed by atoms with Crippen molar-refractivity contribution in [2.75, 3.05) is 13.2 Å². The molecule has 0 radical (unpaired) electrons. The van der Waals surface area contributed by atoms with Crippen LogP contribution in [0.3, 0.4) is 0 Å². The molecular weight excluding hydrogens is 408 g/mol. The first-order valence-electron chi connectivity index (χ1n) is 8.63. The fraction of sp³-hybridized carbons (Fsp3) is 0.211. The van der Waals surface area contributed by atoms with E-state index >= 15 is 0 Å². The molecule has 0 unspecified atom stereocenters. The van der Waals surface area contributed by atoms with Gasteiger partial charge >= 0.3 is 6.18 Å². The number of amides is 1. The van der Waals surface area contributed by atoms with E-state index in [4.69, 9.17) is 5.73 Å². The zero-order chi connectivity index (χ0) is 21.9. The van der Waals surface area contributed by atoms with E-state index in [9.17, 15) is 27.2 Å². The highest BCUT2D eigenvalue weighted by molar-refractivity contribution is 5.95. The maximum atomic E-state index is 14.1. The number of ether oxygens (including phenoxy) is 1. The minimum Gasteiger partial charge on any atom is -0.370 e. The van der Waals surface area contributed by atoms with Gasteiger partial charge in [-0.25, -0.2) is 9.37 Å². The number of fused-ring (bicyclic) bond motifs is 1. The normalized spacial score (nSPS) is 12.1. The summed E-state index contributed by atoms with van der Waals surface area (Å²) in [4.78, 5) is 30.0. The number of aromatic amines is 1. The second-order valence-electron chi connectivity index (χ2n) is 6.34. The first-order chi connectivity index (χ1) is 14.1. The van der Waals surface area contributed by atoms with Crippen LogP contribution in [0.4, 0.5) is 17.6 Å². The third kappa shape index (κ3) is 5.11. The van der Waals surface area contributed by atoms with Crippen LogP contribution in [-0.4, -0.2) is 39.8 Å². The molecule has 30 heavy (non-hydrogen) atoms. The van der Waals surface area contributed by atoms with Crippen molar-refractivity contribution in [3.05, 3.63) is 58.5 Å². The molecule has 0 fully saturated rings. The van der Waals surface area contributed by atoms with Crippen molar-refractivity contribution < 1.29 is 27.1 Å². The number of pyridine rings is 2. The Kier molecular flexibility index (Phi) is 6.01. The zero-order valence-electron chi connectivity index (χ0n) is 15.4. The molecule has 0 bridgehead atoms. The molecule has 0 saturated carbocycles. The van der Waals surface area contributed by atoms with E-state index in [-0.39, 0.29) is 6.54 Å². The fourth-order valence-corrected chi connectivity index (χ4v) is 2.77. The number of H-pyrrole nitrogens is 1. The predicted octanol–water partition coefficient (Wildman–Crippen LogP) is 2.61. The third-order valence-electron chi connectivity index (χ3n) is 4.11. The molecule has 3 aromatic heterocycles. The Morgan fingerprint density at radius 2 is 2.07 bits per heavy atom. The van der Waals surface area contributed by atoms with Gasteiger partial charge in [0.05, 0.1) is 6.61 Å². The van der Waals surface area contributed by atoms with Crippen molar-refractivity contribution in [3.8, 4) is 11.1 Å². The summed E-state index contributed by atoms with van der Waals surface area (Å²) in [6.07, 6.45) is 2.56. The minimum absolute atomic E-state index is 0.258. The molecule has 158 valence electrons. The van der Waals surface area contributed by atoms with E-state index in [1.165, 1.54) is 24.5 Å². The smallest absolute Gasteiger partial charge is 0.370 e. The number of rotatable bonds is 7. The van der Waals surface area contributed by atoms with E-state index in [0.29, 0.717) is 27.7 Å². The second-order valence-corrected chi connectivity index (χ2v) is 6.34. The van der Waals surface area contributed by atoms with Crippen molar-refractivity contribution >= 4 is 23.0 Å². The Morgan fingerprint density at radius 3 is 2.77 bits per heavy atom. The molecule has 3 N–H and O–H groups in total. The van der Waals surface area contributed by atoms with Gasteiger partial charge in [-0.05, 0) is 18.2 Å². The fourth-order valence-electron chi connectivity index (χ4n) is 2.77.